The topological polar surface area (TPSA) is 65.5 Å². The summed E-state index contributed by atoms with van der Waals surface area (Å²) in [4.78, 5) is 31.9. The van der Waals surface area contributed by atoms with E-state index in [-0.39, 0.29) is 5.91 Å². The van der Waals surface area contributed by atoms with Crippen molar-refractivity contribution in [3.8, 4) is 0 Å². The van der Waals surface area contributed by atoms with Crippen LogP contribution in [0.1, 0.15) is 16.1 Å². The second kappa shape index (κ2) is 8.68. The van der Waals surface area contributed by atoms with Crippen molar-refractivity contribution in [2.45, 2.75) is 6.54 Å². The fourth-order valence-electron chi connectivity index (χ4n) is 3.45. The van der Waals surface area contributed by atoms with Gasteiger partial charge < -0.3 is 14.7 Å². The molecule has 0 saturated carbocycles. The summed E-state index contributed by atoms with van der Waals surface area (Å²) >= 11 is 0. The van der Waals surface area contributed by atoms with Crippen LogP contribution in [0.15, 0.2) is 67.1 Å². The van der Waals surface area contributed by atoms with E-state index >= 15 is 0 Å². The van der Waals surface area contributed by atoms with Gasteiger partial charge in [0, 0.05) is 64.0 Å². The molecule has 1 fully saturated rings. The number of hydrogen-bond donors (Lipinski definition) is 0. The van der Waals surface area contributed by atoms with Crippen LogP contribution in [0.25, 0.3) is 0 Å². The van der Waals surface area contributed by atoms with Gasteiger partial charge in [-0.3, -0.25) is 9.78 Å². The normalized spacial score (nSPS) is 14.0. The molecule has 0 bridgehead atoms. The van der Waals surface area contributed by atoms with Crippen LogP contribution in [-0.4, -0.2) is 59.0 Å². The molecule has 2 aromatic heterocycles. The number of amides is 1. The van der Waals surface area contributed by atoms with E-state index in [1.165, 1.54) is 5.56 Å². The summed E-state index contributed by atoms with van der Waals surface area (Å²) in [6.07, 6.45) is 5.18. The molecule has 1 aliphatic heterocycles. The predicted molar refractivity (Wildman–Crippen MR) is 113 cm³/mol. The Labute approximate surface area is 170 Å². The third-order valence-electron chi connectivity index (χ3n) is 5.07. The Morgan fingerprint density at radius 3 is 2.38 bits per heavy atom. The first-order chi connectivity index (χ1) is 14.2. The monoisotopic (exact) mass is 388 g/mol. The zero-order chi connectivity index (χ0) is 20.1. The molecular formula is C22H24N6O. The average Bonchev–Trinajstić information content (AvgIpc) is 2.80. The summed E-state index contributed by atoms with van der Waals surface area (Å²) in [6.45, 7) is 3.45. The summed E-state index contributed by atoms with van der Waals surface area (Å²) in [5.41, 5.74) is 2.68. The lowest BCUT2D eigenvalue weighted by molar-refractivity contribution is 0.0740. The molecule has 1 amide bonds. The van der Waals surface area contributed by atoms with E-state index in [2.05, 4.69) is 36.9 Å². The van der Waals surface area contributed by atoms with Gasteiger partial charge in [0.2, 0.25) is 5.95 Å². The zero-order valence-corrected chi connectivity index (χ0v) is 16.5. The first-order valence-electron chi connectivity index (χ1n) is 9.73. The summed E-state index contributed by atoms with van der Waals surface area (Å²) in [7, 11) is 2.02. The van der Waals surface area contributed by atoms with Gasteiger partial charge in [-0.1, -0.05) is 30.3 Å². The third kappa shape index (κ3) is 4.51. The van der Waals surface area contributed by atoms with Crippen LogP contribution in [-0.2, 0) is 6.54 Å². The third-order valence-corrected chi connectivity index (χ3v) is 5.07. The number of carbonyl (C=O) groups excluding carboxylic acids is 1. The van der Waals surface area contributed by atoms with Gasteiger partial charge in [-0.25, -0.2) is 9.97 Å². The first kappa shape index (κ1) is 18.9. The number of anilines is 2. The van der Waals surface area contributed by atoms with Gasteiger partial charge in [-0.05, 0) is 23.8 Å². The van der Waals surface area contributed by atoms with Gasteiger partial charge in [-0.15, -0.1) is 0 Å². The fourth-order valence-corrected chi connectivity index (χ4v) is 3.45. The predicted octanol–water partition coefficient (Wildman–Crippen LogP) is 2.47. The van der Waals surface area contributed by atoms with Crippen LogP contribution in [0.2, 0.25) is 0 Å². The summed E-state index contributed by atoms with van der Waals surface area (Å²) in [5, 5.41) is 0. The molecule has 7 nitrogen and oxygen atoms in total. The number of hydrogen-bond acceptors (Lipinski definition) is 6. The van der Waals surface area contributed by atoms with Crippen LogP contribution in [0.5, 0.6) is 0 Å². The highest BCUT2D eigenvalue weighted by molar-refractivity contribution is 5.93. The van der Waals surface area contributed by atoms with Crippen molar-refractivity contribution in [2.75, 3.05) is 43.0 Å². The molecule has 0 N–H and O–H groups in total. The van der Waals surface area contributed by atoms with Crippen molar-refractivity contribution in [1.29, 1.82) is 0 Å². The van der Waals surface area contributed by atoms with E-state index in [9.17, 15) is 4.79 Å². The zero-order valence-electron chi connectivity index (χ0n) is 16.5. The smallest absolute Gasteiger partial charge is 0.272 e. The maximum absolute atomic E-state index is 13.0. The van der Waals surface area contributed by atoms with Crippen molar-refractivity contribution in [3.05, 3.63) is 78.4 Å². The van der Waals surface area contributed by atoms with Crippen molar-refractivity contribution < 1.29 is 4.79 Å². The number of benzene rings is 1. The molecule has 1 aromatic carbocycles. The minimum atomic E-state index is -0.0337. The molecule has 0 radical (unpaired) electrons. The molecule has 0 spiro atoms. The van der Waals surface area contributed by atoms with Gasteiger partial charge in [0.15, 0.2) is 0 Å². The van der Waals surface area contributed by atoms with Crippen LogP contribution in [0.4, 0.5) is 11.6 Å². The number of nitrogens with zero attached hydrogens (tertiary/aromatic N) is 6. The molecule has 3 aromatic rings. The summed E-state index contributed by atoms with van der Waals surface area (Å²) in [6, 6.07) is 15.9. The largest absolute Gasteiger partial charge is 0.370 e. The maximum Gasteiger partial charge on any atom is 0.272 e. The molecular weight excluding hydrogens is 364 g/mol. The fraction of sp³-hybridized carbons (Fsp3) is 0.273. The highest BCUT2D eigenvalue weighted by Crippen LogP contribution is 2.18. The molecule has 1 saturated heterocycles. The first-order valence-corrected chi connectivity index (χ1v) is 9.73. The Balaban J connectivity index is 1.40. The van der Waals surface area contributed by atoms with E-state index in [0.29, 0.717) is 37.8 Å². The van der Waals surface area contributed by atoms with Crippen LogP contribution in [0.3, 0.4) is 0 Å². The van der Waals surface area contributed by atoms with Gasteiger partial charge in [0.05, 0.1) is 0 Å². The van der Waals surface area contributed by atoms with Crippen LogP contribution < -0.4 is 9.80 Å². The number of aromatic nitrogens is 3. The van der Waals surface area contributed by atoms with E-state index in [4.69, 9.17) is 0 Å². The van der Waals surface area contributed by atoms with Crippen molar-refractivity contribution in [3.63, 3.8) is 0 Å². The Morgan fingerprint density at radius 1 is 0.931 bits per heavy atom. The van der Waals surface area contributed by atoms with E-state index in [0.717, 1.165) is 12.2 Å². The van der Waals surface area contributed by atoms with Gasteiger partial charge in [0.1, 0.15) is 5.69 Å². The second-order valence-electron chi connectivity index (χ2n) is 7.07. The van der Waals surface area contributed by atoms with Crippen molar-refractivity contribution >= 4 is 17.5 Å². The second-order valence-corrected chi connectivity index (χ2v) is 7.07. The molecule has 7 heteroatoms. The maximum atomic E-state index is 13.0. The van der Waals surface area contributed by atoms with Crippen molar-refractivity contribution in [1.82, 2.24) is 19.9 Å². The number of rotatable bonds is 5. The Bertz CT molecular complexity index is 942. The van der Waals surface area contributed by atoms with Gasteiger partial charge >= 0.3 is 0 Å². The highest BCUT2D eigenvalue weighted by atomic mass is 16.2. The van der Waals surface area contributed by atoms with Crippen LogP contribution in [0, 0.1) is 0 Å². The molecule has 3 heterocycles. The molecule has 0 atom stereocenters. The van der Waals surface area contributed by atoms with E-state index in [1.807, 2.05) is 42.3 Å². The lowest BCUT2D eigenvalue weighted by Gasteiger charge is -2.34. The Kier molecular flexibility index (Phi) is 5.65. The van der Waals surface area contributed by atoms with E-state index < -0.39 is 0 Å². The van der Waals surface area contributed by atoms with Crippen molar-refractivity contribution in [2.24, 2.45) is 0 Å². The summed E-state index contributed by atoms with van der Waals surface area (Å²) < 4.78 is 0. The summed E-state index contributed by atoms with van der Waals surface area (Å²) in [5.74, 6) is 0.677. The van der Waals surface area contributed by atoms with Crippen LogP contribution >= 0.6 is 0 Å². The highest BCUT2D eigenvalue weighted by Gasteiger charge is 2.24. The lowest BCUT2D eigenvalue weighted by Crippen LogP contribution is -2.49. The van der Waals surface area contributed by atoms with Gasteiger partial charge in [0.25, 0.3) is 5.91 Å². The molecule has 1 aliphatic rings. The van der Waals surface area contributed by atoms with Gasteiger partial charge in [-0.2, -0.15) is 0 Å². The molecule has 29 heavy (non-hydrogen) atoms. The quantitative estimate of drug-likeness (QED) is 0.669. The number of pyridine rings is 1. The Hall–Kier alpha value is -3.48. The molecule has 0 aliphatic carbocycles. The standard InChI is InChI=1S/C22H24N6O/c1-26(17-18-6-3-2-4-7-18)19-8-11-23-20(16-19)21(29)27-12-14-28(15-13-27)22-24-9-5-10-25-22/h2-11,16H,12-15,17H2,1H3. The molecule has 4 rings (SSSR count). The number of piperazine rings is 1. The number of carbonyl (C=O) groups is 1. The average molecular weight is 388 g/mol. The SMILES string of the molecule is CN(Cc1ccccc1)c1ccnc(C(=O)N2CCN(c3ncccn3)CC2)c1. The lowest BCUT2D eigenvalue weighted by atomic mass is 10.2. The Morgan fingerprint density at radius 2 is 1.66 bits per heavy atom. The van der Waals surface area contributed by atoms with E-state index in [1.54, 1.807) is 24.7 Å². The molecule has 148 valence electrons. The minimum absolute atomic E-state index is 0.0337. The molecule has 0 unspecified atom stereocenters. The minimum Gasteiger partial charge on any atom is -0.370 e.